The van der Waals surface area contributed by atoms with Crippen LogP contribution in [0, 0.1) is 0 Å². The number of hydrogen-bond acceptors (Lipinski definition) is 5. The molecule has 1 aliphatic heterocycles. The Morgan fingerprint density at radius 1 is 0.917 bits per heavy atom. The van der Waals surface area contributed by atoms with Gasteiger partial charge < -0.3 is 4.42 Å². The summed E-state index contributed by atoms with van der Waals surface area (Å²) in [7, 11) is 0. The summed E-state index contributed by atoms with van der Waals surface area (Å²) >= 11 is 1.73. The predicted octanol–water partition coefficient (Wildman–Crippen LogP) is 3.72. The van der Waals surface area contributed by atoms with E-state index in [1.54, 1.807) is 17.6 Å². The maximum atomic E-state index is 5.44. The molecule has 0 unspecified atom stereocenters. The molecule has 1 aliphatic rings. The highest BCUT2D eigenvalue weighted by molar-refractivity contribution is 7.13. The summed E-state index contributed by atoms with van der Waals surface area (Å²) in [6, 6.07) is 14.4. The first kappa shape index (κ1) is 15.6. The second-order valence-corrected chi connectivity index (χ2v) is 7.00. The van der Waals surface area contributed by atoms with E-state index in [9.17, 15) is 0 Å². The second-order valence-electron chi connectivity index (χ2n) is 6.14. The number of rotatable bonds is 5. The number of furan rings is 1. The smallest absolute Gasteiger partial charge is 0.123 e. The first-order valence-electron chi connectivity index (χ1n) is 8.34. The highest BCUT2D eigenvalue weighted by atomic mass is 32.1. The van der Waals surface area contributed by atoms with E-state index in [0.29, 0.717) is 0 Å². The summed E-state index contributed by atoms with van der Waals surface area (Å²) in [6.07, 6.45) is 1.75. The van der Waals surface area contributed by atoms with Crippen molar-refractivity contribution in [3.8, 4) is 10.6 Å². The van der Waals surface area contributed by atoms with Crippen LogP contribution in [-0.4, -0.2) is 41.0 Å². The molecule has 0 bridgehead atoms. The van der Waals surface area contributed by atoms with Crippen LogP contribution in [-0.2, 0) is 13.1 Å². The van der Waals surface area contributed by atoms with Crippen molar-refractivity contribution in [3.63, 3.8) is 0 Å². The normalized spacial score (nSPS) is 16.5. The van der Waals surface area contributed by atoms with Gasteiger partial charge in [0, 0.05) is 43.7 Å². The minimum atomic E-state index is 0.912. The number of hydrogen-bond donors (Lipinski definition) is 0. The van der Waals surface area contributed by atoms with Crippen molar-refractivity contribution < 1.29 is 4.42 Å². The Balaban J connectivity index is 1.30. The number of benzene rings is 1. The fraction of sp³-hybridized carbons (Fsp3) is 0.316. The van der Waals surface area contributed by atoms with E-state index in [2.05, 4.69) is 39.4 Å². The molecule has 24 heavy (non-hydrogen) atoms. The van der Waals surface area contributed by atoms with Crippen molar-refractivity contribution in [1.29, 1.82) is 0 Å². The molecule has 0 amide bonds. The number of nitrogens with zero attached hydrogens (tertiary/aromatic N) is 3. The van der Waals surface area contributed by atoms with Gasteiger partial charge in [0.15, 0.2) is 0 Å². The van der Waals surface area contributed by atoms with Crippen molar-refractivity contribution in [1.82, 2.24) is 14.8 Å². The molecule has 0 radical (unpaired) electrons. The van der Waals surface area contributed by atoms with Crippen LogP contribution in [0.3, 0.4) is 0 Å². The zero-order chi connectivity index (χ0) is 16.2. The molecule has 0 saturated carbocycles. The van der Waals surface area contributed by atoms with Crippen molar-refractivity contribution >= 4 is 11.3 Å². The molecule has 1 fully saturated rings. The van der Waals surface area contributed by atoms with Crippen molar-refractivity contribution in [3.05, 3.63) is 65.6 Å². The zero-order valence-electron chi connectivity index (χ0n) is 13.6. The minimum Gasteiger partial charge on any atom is -0.468 e. The van der Waals surface area contributed by atoms with Gasteiger partial charge in [0.05, 0.1) is 18.5 Å². The van der Waals surface area contributed by atoms with Gasteiger partial charge in [-0.15, -0.1) is 11.3 Å². The largest absolute Gasteiger partial charge is 0.468 e. The SMILES string of the molecule is c1ccc(-c2nc(CN3CCN(Cc4ccco4)CC3)cs2)cc1. The van der Waals surface area contributed by atoms with Gasteiger partial charge in [-0.05, 0) is 12.1 Å². The number of thiazole rings is 1. The van der Waals surface area contributed by atoms with E-state index in [0.717, 1.165) is 50.0 Å². The van der Waals surface area contributed by atoms with Gasteiger partial charge in [0.25, 0.3) is 0 Å². The molecule has 1 aromatic carbocycles. The average Bonchev–Trinajstić information content (AvgIpc) is 3.29. The van der Waals surface area contributed by atoms with Gasteiger partial charge in [-0.1, -0.05) is 30.3 Å². The lowest BCUT2D eigenvalue weighted by atomic mass is 10.2. The third-order valence-electron chi connectivity index (χ3n) is 4.38. The zero-order valence-corrected chi connectivity index (χ0v) is 14.4. The summed E-state index contributed by atoms with van der Waals surface area (Å²) in [5.74, 6) is 1.05. The Morgan fingerprint density at radius 3 is 2.38 bits per heavy atom. The van der Waals surface area contributed by atoms with Crippen molar-refractivity contribution in [2.75, 3.05) is 26.2 Å². The van der Waals surface area contributed by atoms with Gasteiger partial charge >= 0.3 is 0 Å². The molecule has 0 spiro atoms. The molecule has 4 rings (SSSR count). The first-order chi connectivity index (χ1) is 11.9. The quantitative estimate of drug-likeness (QED) is 0.709. The first-order valence-corrected chi connectivity index (χ1v) is 9.22. The van der Waals surface area contributed by atoms with Crippen LogP contribution in [0.5, 0.6) is 0 Å². The van der Waals surface area contributed by atoms with Gasteiger partial charge in [-0.3, -0.25) is 9.80 Å². The molecular weight excluding hydrogens is 318 g/mol. The maximum Gasteiger partial charge on any atom is 0.123 e. The molecule has 1 saturated heterocycles. The summed E-state index contributed by atoms with van der Waals surface area (Å²) < 4.78 is 5.44. The van der Waals surface area contributed by atoms with Crippen LogP contribution in [0.4, 0.5) is 0 Å². The topological polar surface area (TPSA) is 32.5 Å². The van der Waals surface area contributed by atoms with E-state index in [4.69, 9.17) is 9.40 Å². The standard InChI is InChI=1S/C19H21N3OS/c1-2-5-16(6-3-1)19-20-17(15-24-19)13-21-8-10-22(11-9-21)14-18-7-4-12-23-18/h1-7,12,15H,8-11,13-14H2. The highest BCUT2D eigenvalue weighted by Gasteiger charge is 2.18. The summed E-state index contributed by atoms with van der Waals surface area (Å²) in [4.78, 5) is 9.74. The summed E-state index contributed by atoms with van der Waals surface area (Å²) in [5, 5.41) is 3.31. The fourth-order valence-electron chi connectivity index (χ4n) is 3.05. The van der Waals surface area contributed by atoms with Gasteiger partial charge in [-0.25, -0.2) is 4.98 Å². The van der Waals surface area contributed by atoms with Crippen LogP contribution in [0.25, 0.3) is 10.6 Å². The molecule has 124 valence electrons. The van der Waals surface area contributed by atoms with Crippen molar-refractivity contribution in [2.24, 2.45) is 0 Å². The molecule has 0 N–H and O–H groups in total. The van der Waals surface area contributed by atoms with Crippen molar-refractivity contribution in [2.45, 2.75) is 13.1 Å². The molecule has 0 atom stereocenters. The summed E-state index contributed by atoms with van der Waals surface area (Å²) in [6.45, 7) is 6.18. The Bertz CT molecular complexity index is 746. The number of aromatic nitrogens is 1. The Hall–Kier alpha value is -1.95. The van der Waals surface area contributed by atoms with E-state index in [1.807, 2.05) is 18.2 Å². The third-order valence-corrected chi connectivity index (χ3v) is 5.32. The molecule has 5 heteroatoms. The Labute approximate surface area is 146 Å². The van der Waals surface area contributed by atoms with Crippen LogP contribution < -0.4 is 0 Å². The fourth-order valence-corrected chi connectivity index (χ4v) is 3.87. The third kappa shape index (κ3) is 3.75. The molecule has 0 aliphatic carbocycles. The molecule has 3 heterocycles. The minimum absolute atomic E-state index is 0.912. The van der Waals surface area contributed by atoms with Crippen LogP contribution in [0.15, 0.2) is 58.5 Å². The lowest BCUT2D eigenvalue weighted by Crippen LogP contribution is -2.45. The Morgan fingerprint density at radius 2 is 1.67 bits per heavy atom. The maximum absolute atomic E-state index is 5.44. The molecule has 4 nitrogen and oxygen atoms in total. The molecule has 2 aromatic heterocycles. The molecule has 3 aromatic rings. The van der Waals surface area contributed by atoms with E-state index in [-0.39, 0.29) is 0 Å². The van der Waals surface area contributed by atoms with Gasteiger partial charge in [-0.2, -0.15) is 0 Å². The predicted molar refractivity (Wildman–Crippen MR) is 96.8 cm³/mol. The van der Waals surface area contributed by atoms with Gasteiger partial charge in [0.2, 0.25) is 0 Å². The second kappa shape index (κ2) is 7.30. The summed E-state index contributed by atoms with van der Waals surface area (Å²) in [5.41, 5.74) is 2.38. The lowest BCUT2D eigenvalue weighted by molar-refractivity contribution is 0.115. The van der Waals surface area contributed by atoms with Crippen LogP contribution in [0.1, 0.15) is 11.5 Å². The average molecular weight is 339 g/mol. The van der Waals surface area contributed by atoms with E-state index >= 15 is 0 Å². The molecular formula is C19H21N3OS. The van der Waals surface area contributed by atoms with E-state index in [1.165, 1.54) is 11.3 Å². The van der Waals surface area contributed by atoms with Crippen LogP contribution in [0.2, 0.25) is 0 Å². The van der Waals surface area contributed by atoms with E-state index < -0.39 is 0 Å². The monoisotopic (exact) mass is 339 g/mol. The van der Waals surface area contributed by atoms with Crippen LogP contribution >= 0.6 is 11.3 Å². The van der Waals surface area contributed by atoms with Gasteiger partial charge in [0.1, 0.15) is 10.8 Å². The Kier molecular flexibility index (Phi) is 4.74. The highest BCUT2D eigenvalue weighted by Crippen LogP contribution is 2.24. The number of piperazine rings is 1. The lowest BCUT2D eigenvalue weighted by Gasteiger charge is -2.33.